The molecule has 0 saturated heterocycles. The summed E-state index contributed by atoms with van der Waals surface area (Å²) in [5.41, 5.74) is 0.785. The SMILES string of the molecule is C=CCc1cc(/C=C/C(=O)c2ccc(OC(=O)C(C)(C)C)cc2)c(OC(C)(C)C)cc1OC(C)(C)C. The minimum absolute atomic E-state index is 0.175. The third kappa shape index (κ3) is 9.03. The van der Waals surface area contributed by atoms with Crippen molar-refractivity contribution in [3.63, 3.8) is 0 Å². The van der Waals surface area contributed by atoms with Gasteiger partial charge < -0.3 is 14.2 Å². The Morgan fingerprint density at radius 2 is 1.39 bits per heavy atom. The van der Waals surface area contributed by atoms with Crippen molar-refractivity contribution in [2.45, 2.75) is 79.9 Å². The zero-order valence-electron chi connectivity index (χ0n) is 23.2. The van der Waals surface area contributed by atoms with Gasteiger partial charge in [-0.15, -0.1) is 6.58 Å². The first-order valence-electron chi connectivity index (χ1n) is 12.2. The molecular formula is C31H40O5. The summed E-state index contributed by atoms with van der Waals surface area (Å²) in [6, 6.07) is 10.4. The number of carbonyl (C=O) groups is 2. The third-order valence-corrected chi connectivity index (χ3v) is 4.77. The van der Waals surface area contributed by atoms with Crippen LogP contribution in [0.1, 0.15) is 83.8 Å². The van der Waals surface area contributed by atoms with Crippen molar-refractivity contribution < 1.29 is 23.8 Å². The van der Waals surface area contributed by atoms with E-state index in [4.69, 9.17) is 14.2 Å². The van der Waals surface area contributed by atoms with E-state index in [2.05, 4.69) is 6.58 Å². The van der Waals surface area contributed by atoms with Crippen LogP contribution in [0.5, 0.6) is 17.2 Å². The van der Waals surface area contributed by atoms with Crippen molar-refractivity contribution >= 4 is 17.8 Å². The van der Waals surface area contributed by atoms with Gasteiger partial charge in [-0.25, -0.2) is 0 Å². The first kappa shape index (κ1) is 28.9. The predicted octanol–water partition coefficient (Wildman–Crippen LogP) is 7.62. The Bertz CT molecular complexity index is 1120. The lowest BCUT2D eigenvalue weighted by Crippen LogP contribution is -2.25. The van der Waals surface area contributed by atoms with E-state index in [0.29, 0.717) is 23.5 Å². The summed E-state index contributed by atoms with van der Waals surface area (Å²) >= 11 is 0. The molecule has 194 valence electrons. The number of rotatable bonds is 8. The fraction of sp³-hybridized carbons (Fsp3) is 0.419. The topological polar surface area (TPSA) is 61.8 Å². The number of hydrogen-bond donors (Lipinski definition) is 0. The molecule has 0 saturated carbocycles. The van der Waals surface area contributed by atoms with E-state index in [1.165, 1.54) is 6.08 Å². The summed E-state index contributed by atoms with van der Waals surface area (Å²) in [5, 5.41) is 0. The van der Waals surface area contributed by atoms with Crippen LogP contribution in [0.3, 0.4) is 0 Å². The van der Waals surface area contributed by atoms with Gasteiger partial charge in [-0.1, -0.05) is 6.08 Å². The third-order valence-electron chi connectivity index (χ3n) is 4.77. The Morgan fingerprint density at radius 3 is 1.89 bits per heavy atom. The van der Waals surface area contributed by atoms with E-state index in [1.54, 1.807) is 51.1 Å². The Kier molecular flexibility index (Phi) is 8.95. The Hall–Kier alpha value is -3.34. The molecule has 0 aliphatic carbocycles. The number of ketones is 1. The van der Waals surface area contributed by atoms with Gasteiger partial charge in [0, 0.05) is 17.2 Å². The molecule has 0 aliphatic heterocycles. The van der Waals surface area contributed by atoms with E-state index in [9.17, 15) is 9.59 Å². The van der Waals surface area contributed by atoms with Crippen LogP contribution in [0, 0.1) is 5.41 Å². The lowest BCUT2D eigenvalue weighted by atomic mass is 9.97. The molecule has 0 spiro atoms. The fourth-order valence-corrected chi connectivity index (χ4v) is 3.12. The van der Waals surface area contributed by atoms with Crippen LogP contribution < -0.4 is 14.2 Å². The first-order valence-corrected chi connectivity index (χ1v) is 12.2. The van der Waals surface area contributed by atoms with Crippen molar-refractivity contribution in [1.29, 1.82) is 0 Å². The van der Waals surface area contributed by atoms with Crippen molar-refractivity contribution in [2.75, 3.05) is 0 Å². The zero-order chi connectivity index (χ0) is 27.3. The normalized spacial score (nSPS) is 12.4. The predicted molar refractivity (Wildman–Crippen MR) is 146 cm³/mol. The highest BCUT2D eigenvalue weighted by Gasteiger charge is 2.24. The second-order valence-corrected chi connectivity index (χ2v) is 11.8. The van der Waals surface area contributed by atoms with Crippen LogP contribution in [-0.4, -0.2) is 23.0 Å². The van der Waals surface area contributed by atoms with Gasteiger partial charge in [-0.3, -0.25) is 9.59 Å². The highest BCUT2D eigenvalue weighted by molar-refractivity contribution is 6.07. The van der Waals surface area contributed by atoms with E-state index >= 15 is 0 Å². The number of hydrogen-bond acceptors (Lipinski definition) is 5. The van der Waals surface area contributed by atoms with Gasteiger partial charge >= 0.3 is 5.97 Å². The molecule has 2 aromatic carbocycles. The molecule has 0 fully saturated rings. The Balaban J connectivity index is 2.36. The average Bonchev–Trinajstić information content (AvgIpc) is 2.72. The van der Waals surface area contributed by atoms with E-state index in [-0.39, 0.29) is 17.4 Å². The van der Waals surface area contributed by atoms with Crippen LogP contribution in [0.4, 0.5) is 0 Å². The summed E-state index contributed by atoms with van der Waals surface area (Å²) in [7, 11) is 0. The van der Waals surface area contributed by atoms with Gasteiger partial charge in [-0.2, -0.15) is 0 Å². The summed E-state index contributed by atoms with van der Waals surface area (Å²) in [6.45, 7) is 21.1. The molecule has 0 heterocycles. The van der Waals surface area contributed by atoms with Crippen molar-refractivity contribution in [1.82, 2.24) is 0 Å². The van der Waals surface area contributed by atoms with Crippen LogP contribution in [-0.2, 0) is 11.2 Å². The molecule has 0 aromatic heterocycles. The smallest absolute Gasteiger partial charge is 0.316 e. The maximum atomic E-state index is 12.9. The quantitative estimate of drug-likeness (QED) is 0.125. The zero-order valence-corrected chi connectivity index (χ0v) is 23.2. The molecule has 36 heavy (non-hydrogen) atoms. The van der Waals surface area contributed by atoms with Gasteiger partial charge in [0.15, 0.2) is 5.78 Å². The van der Waals surface area contributed by atoms with Crippen molar-refractivity contribution in [2.24, 2.45) is 5.41 Å². The van der Waals surface area contributed by atoms with Crippen LogP contribution >= 0.6 is 0 Å². The maximum Gasteiger partial charge on any atom is 0.316 e. The molecule has 0 radical (unpaired) electrons. The Labute approximate surface area is 216 Å². The molecule has 2 aromatic rings. The molecule has 0 bridgehead atoms. The number of carbonyl (C=O) groups excluding carboxylic acids is 2. The lowest BCUT2D eigenvalue weighted by Gasteiger charge is -2.27. The molecule has 5 nitrogen and oxygen atoms in total. The van der Waals surface area contributed by atoms with Crippen molar-refractivity contribution in [3.8, 4) is 17.2 Å². The largest absolute Gasteiger partial charge is 0.488 e. The summed E-state index contributed by atoms with van der Waals surface area (Å²) in [5.74, 6) is 1.25. The summed E-state index contributed by atoms with van der Waals surface area (Å²) in [6.07, 6.45) is 5.71. The number of benzene rings is 2. The highest BCUT2D eigenvalue weighted by Crippen LogP contribution is 2.35. The maximum absolute atomic E-state index is 12.9. The molecule has 0 N–H and O–H groups in total. The molecule has 5 heteroatoms. The first-order chi connectivity index (χ1) is 16.5. The second kappa shape index (κ2) is 11.2. The molecule has 0 amide bonds. The standard InChI is InChI=1S/C31H40O5/c1-11-12-22-19-23(27(36-31(8,9)10)20-26(22)35-30(5,6)7)15-18-25(32)21-13-16-24(17-14-21)34-28(33)29(2,3)4/h11,13-20H,1,12H2,2-10H3/b18-15+. The van der Waals surface area contributed by atoms with E-state index in [0.717, 1.165) is 16.9 Å². The summed E-state index contributed by atoms with van der Waals surface area (Å²) in [4.78, 5) is 25.0. The van der Waals surface area contributed by atoms with Gasteiger partial charge in [0.25, 0.3) is 0 Å². The monoisotopic (exact) mass is 492 g/mol. The molecule has 0 unspecified atom stereocenters. The molecule has 2 rings (SSSR count). The van der Waals surface area contributed by atoms with Gasteiger partial charge in [0.1, 0.15) is 28.5 Å². The van der Waals surface area contributed by atoms with Crippen LogP contribution in [0.2, 0.25) is 0 Å². The number of esters is 1. The number of ether oxygens (including phenoxy) is 3. The van der Waals surface area contributed by atoms with Gasteiger partial charge in [0.05, 0.1) is 5.41 Å². The summed E-state index contributed by atoms with van der Waals surface area (Å²) < 4.78 is 17.8. The van der Waals surface area contributed by atoms with Gasteiger partial charge in [0.2, 0.25) is 0 Å². The lowest BCUT2D eigenvalue weighted by molar-refractivity contribution is -0.143. The minimum Gasteiger partial charge on any atom is -0.488 e. The second-order valence-electron chi connectivity index (χ2n) is 11.8. The van der Waals surface area contributed by atoms with Crippen LogP contribution in [0.15, 0.2) is 55.1 Å². The molecule has 0 aliphatic rings. The van der Waals surface area contributed by atoms with Gasteiger partial charge in [-0.05, 0) is 117 Å². The van der Waals surface area contributed by atoms with Crippen LogP contribution in [0.25, 0.3) is 6.08 Å². The molecule has 0 atom stereocenters. The van der Waals surface area contributed by atoms with E-state index in [1.807, 2.05) is 59.8 Å². The molecular weight excluding hydrogens is 452 g/mol. The van der Waals surface area contributed by atoms with E-state index < -0.39 is 11.0 Å². The fourth-order valence-electron chi connectivity index (χ4n) is 3.12. The number of allylic oxidation sites excluding steroid dienone is 2. The highest BCUT2D eigenvalue weighted by atomic mass is 16.5. The van der Waals surface area contributed by atoms with Crippen molar-refractivity contribution in [3.05, 3.63) is 71.8 Å². The Morgan fingerprint density at radius 1 is 0.833 bits per heavy atom. The minimum atomic E-state index is -0.609. The average molecular weight is 493 g/mol.